The first kappa shape index (κ1) is 16.0. The number of nitrogens with zero attached hydrogens (tertiary/aromatic N) is 1. The average Bonchev–Trinajstić information content (AvgIpc) is 2.89. The summed E-state index contributed by atoms with van der Waals surface area (Å²) < 4.78 is 5.11. The molecule has 4 nitrogen and oxygen atoms in total. The number of aryl methyl sites for hydroxylation is 2. The van der Waals surface area contributed by atoms with Crippen LogP contribution >= 0.6 is 22.7 Å². The maximum atomic E-state index is 12.1. The molecule has 6 heteroatoms. The number of esters is 1. The van der Waals surface area contributed by atoms with Crippen LogP contribution < -0.4 is 5.73 Å². The Hall–Kier alpha value is -1.40. The smallest absolute Gasteiger partial charge is 0.350 e. The summed E-state index contributed by atoms with van der Waals surface area (Å²) >= 11 is 3.05. The summed E-state index contributed by atoms with van der Waals surface area (Å²) in [5, 5.41) is 1.02. The zero-order valence-corrected chi connectivity index (χ0v) is 14.6. The molecular formula is C15H20N2O2S2. The standard InChI is InChI=1S/C15H20N2O2S2/c1-6-19-15(18)14-11(16)10(7(2)3)13(21-14)12-8(4)17-9(5)20-12/h7H,6,16H2,1-5H3. The normalized spacial score (nSPS) is 11.1. The fraction of sp³-hybridized carbons (Fsp3) is 0.467. The molecule has 0 aliphatic carbocycles. The van der Waals surface area contributed by atoms with Gasteiger partial charge in [-0.3, -0.25) is 0 Å². The molecule has 114 valence electrons. The van der Waals surface area contributed by atoms with E-state index >= 15 is 0 Å². The highest BCUT2D eigenvalue weighted by molar-refractivity contribution is 7.23. The van der Waals surface area contributed by atoms with Gasteiger partial charge in [0.05, 0.1) is 32.8 Å². The second kappa shape index (κ2) is 6.15. The van der Waals surface area contributed by atoms with Gasteiger partial charge in [-0.15, -0.1) is 22.7 Å². The largest absolute Gasteiger partial charge is 0.462 e. The van der Waals surface area contributed by atoms with Gasteiger partial charge in [0.2, 0.25) is 0 Å². The van der Waals surface area contributed by atoms with E-state index in [0.29, 0.717) is 17.2 Å². The minimum Gasteiger partial charge on any atom is -0.462 e. The molecule has 0 radical (unpaired) electrons. The second-order valence-electron chi connectivity index (χ2n) is 5.11. The number of aromatic nitrogens is 1. The molecule has 0 aliphatic heterocycles. The number of carbonyl (C=O) groups is 1. The molecule has 0 fully saturated rings. The van der Waals surface area contributed by atoms with Crippen molar-refractivity contribution in [3.05, 3.63) is 21.1 Å². The molecule has 0 atom stereocenters. The molecule has 2 aromatic heterocycles. The van der Waals surface area contributed by atoms with Gasteiger partial charge in [-0.1, -0.05) is 13.8 Å². The number of ether oxygens (including phenoxy) is 1. The summed E-state index contributed by atoms with van der Waals surface area (Å²) in [6, 6.07) is 0. The van der Waals surface area contributed by atoms with Crippen LogP contribution in [0.4, 0.5) is 5.69 Å². The fourth-order valence-corrected chi connectivity index (χ4v) is 4.68. The van der Waals surface area contributed by atoms with Gasteiger partial charge in [-0.2, -0.15) is 0 Å². The number of hydrogen-bond acceptors (Lipinski definition) is 6. The van der Waals surface area contributed by atoms with Gasteiger partial charge in [-0.25, -0.2) is 9.78 Å². The predicted octanol–water partition coefficient (Wildman–Crippen LogP) is 4.37. The number of rotatable bonds is 4. The molecule has 0 aliphatic rings. The van der Waals surface area contributed by atoms with Crippen LogP contribution in [-0.4, -0.2) is 17.6 Å². The fourth-order valence-electron chi connectivity index (χ4n) is 2.29. The van der Waals surface area contributed by atoms with Gasteiger partial charge in [0.25, 0.3) is 0 Å². The van der Waals surface area contributed by atoms with Crippen LogP contribution in [0, 0.1) is 13.8 Å². The van der Waals surface area contributed by atoms with Gasteiger partial charge in [0.1, 0.15) is 4.88 Å². The van der Waals surface area contributed by atoms with E-state index in [-0.39, 0.29) is 11.9 Å². The van der Waals surface area contributed by atoms with Crippen LogP contribution in [0.1, 0.15) is 52.6 Å². The van der Waals surface area contributed by atoms with Crippen molar-refractivity contribution in [2.45, 2.75) is 40.5 Å². The highest BCUT2D eigenvalue weighted by atomic mass is 32.1. The van der Waals surface area contributed by atoms with Crippen molar-refractivity contribution in [1.29, 1.82) is 0 Å². The van der Waals surface area contributed by atoms with E-state index < -0.39 is 0 Å². The molecule has 21 heavy (non-hydrogen) atoms. The van der Waals surface area contributed by atoms with E-state index in [9.17, 15) is 4.79 Å². The third-order valence-electron chi connectivity index (χ3n) is 3.13. The Kier molecular flexibility index (Phi) is 4.68. The summed E-state index contributed by atoms with van der Waals surface area (Å²) in [6.07, 6.45) is 0. The number of anilines is 1. The second-order valence-corrected chi connectivity index (χ2v) is 7.33. The Morgan fingerprint density at radius 2 is 1.95 bits per heavy atom. The van der Waals surface area contributed by atoms with E-state index in [4.69, 9.17) is 10.5 Å². The van der Waals surface area contributed by atoms with E-state index in [1.807, 2.05) is 13.8 Å². The molecule has 2 aromatic rings. The van der Waals surface area contributed by atoms with Crippen LogP contribution in [0.3, 0.4) is 0 Å². The van der Waals surface area contributed by atoms with Crippen LogP contribution in [-0.2, 0) is 4.74 Å². The SMILES string of the molecule is CCOC(=O)c1sc(-c2sc(C)nc2C)c(C(C)C)c1N. The highest BCUT2D eigenvalue weighted by Gasteiger charge is 2.26. The van der Waals surface area contributed by atoms with Crippen molar-refractivity contribution in [1.82, 2.24) is 4.98 Å². The molecule has 0 saturated carbocycles. The molecule has 2 rings (SSSR count). The van der Waals surface area contributed by atoms with Gasteiger partial charge in [0, 0.05) is 0 Å². The summed E-state index contributed by atoms with van der Waals surface area (Å²) in [6.45, 7) is 10.3. The lowest BCUT2D eigenvalue weighted by atomic mass is 10.0. The van der Waals surface area contributed by atoms with E-state index in [1.165, 1.54) is 11.3 Å². The lowest BCUT2D eigenvalue weighted by Crippen LogP contribution is -2.06. The molecule has 0 aromatic carbocycles. The van der Waals surface area contributed by atoms with Crippen LogP contribution in [0.5, 0.6) is 0 Å². The third-order valence-corrected chi connectivity index (χ3v) is 5.57. The zero-order chi connectivity index (χ0) is 15.7. The lowest BCUT2D eigenvalue weighted by molar-refractivity contribution is 0.0533. The monoisotopic (exact) mass is 324 g/mol. The maximum Gasteiger partial charge on any atom is 0.350 e. The first-order valence-corrected chi connectivity index (χ1v) is 8.53. The van der Waals surface area contributed by atoms with Gasteiger partial charge in [-0.05, 0) is 32.3 Å². The lowest BCUT2D eigenvalue weighted by Gasteiger charge is -2.08. The van der Waals surface area contributed by atoms with Gasteiger partial charge >= 0.3 is 5.97 Å². The highest BCUT2D eigenvalue weighted by Crippen LogP contribution is 2.45. The summed E-state index contributed by atoms with van der Waals surface area (Å²) in [4.78, 5) is 19.2. The Labute approximate surface area is 133 Å². The molecule has 0 amide bonds. The molecule has 0 unspecified atom stereocenters. The first-order chi connectivity index (χ1) is 9.86. The number of thiophene rings is 1. The van der Waals surface area contributed by atoms with Crippen molar-refractivity contribution in [3.63, 3.8) is 0 Å². The summed E-state index contributed by atoms with van der Waals surface area (Å²) in [5.74, 6) is -0.103. The number of hydrogen-bond donors (Lipinski definition) is 1. The summed E-state index contributed by atoms with van der Waals surface area (Å²) in [7, 11) is 0. The minimum atomic E-state index is -0.341. The maximum absolute atomic E-state index is 12.1. The van der Waals surface area contributed by atoms with Crippen LogP contribution in [0.25, 0.3) is 9.75 Å². The quantitative estimate of drug-likeness (QED) is 0.848. The molecule has 0 bridgehead atoms. The van der Waals surface area contributed by atoms with E-state index in [2.05, 4.69) is 18.8 Å². The molecule has 2 N–H and O–H groups in total. The molecule has 0 spiro atoms. The zero-order valence-electron chi connectivity index (χ0n) is 12.9. The number of nitrogens with two attached hydrogens (primary N) is 1. The Morgan fingerprint density at radius 3 is 2.43 bits per heavy atom. The number of thiazole rings is 1. The average molecular weight is 324 g/mol. The predicted molar refractivity (Wildman–Crippen MR) is 89.4 cm³/mol. The third kappa shape index (κ3) is 2.96. The van der Waals surface area contributed by atoms with Crippen molar-refractivity contribution in [2.24, 2.45) is 0 Å². The van der Waals surface area contributed by atoms with E-state index in [0.717, 1.165) is 26.0 Å². The van der Waals surface area contributed by atoms with Crippen molar-refractivity contribution >= 4 is 34.3 Å². The van der Waals surface area contributed by atoms with Crippen molar-refractivity contribution in [3.8, 4) is 9.75 Å². The van der Waals surface area contributed by atoms with Crippen LogP contribution in [0.2, 0.25) is 0 Å². The topological polar surface area (TPSA) is 65.2 Å². The van der Waals surface area contributed by atoms with E-state index in [1.54, 1.807) is 18.3 Å². The molecular weight excluding hydrogens is 304 g/mol. The van der Waals surface area contributed by atoms with Crippen molar-refractivity contribution < 1.29 is 9.53 Å². The van der Waals surface area contributed by atoms with Crippen LogP contribution in [0.15, 0.2) is 0 Å². The van der Waals surface area contributed by atoms with Gasteiger partial charge in [0.15, 0.2) is 0 Å². The Bertz CT molecular complexity index is 672. The summed E-state index contributed by atoms with van der Waals surface area (Å²) in [5.41, 5.74) is 8.78. The number of carbonyl (C=O) groups excluding carboxylic acids is 1. The Morgan fingerprint density at radius 1 is 1.29 bits per heavy atom. The first-order valence-electron chi connectivity index (χ1n) is 6.90. The minimum absolute atomic E-state index is 0.237. The number of nitrogen functional groups attached to an aromatic ring is 1. The molecule has 2 heterocycles. The van der Waals surface area contributed by atoms with Crippen molar-refractivity contribution in [2.75, 3.05) is 12.3 Å². The van der Waals surface area contributed by atoms with Gasteiger partial charge < -0.3 is 10.5 Å². The molecule has 0 saturated heterocycles. The Balaban J connectivity index is 2.63.